The molecule has 0 aliphatic heterocycles. The molecule has 1 heterocycles. The van der Waals surface area contributed by atoms with Crippen molar-refractivity contribution >= 4 is 40.7 Å². The molecule has 0 radical (unpaired) electrons. The molecule has 0 amide bonds. The van der Waals surface area contributed by atoms with Crippen LogP contribution in [0.3, 0.4) is 0 Å². The van der Waals surface area contributed by atoms with Gasteiger partial charge in [0.15, 0.2) is 5.96 Å². The van der Waals surface area contributed by atoms with E-state index in [1.165, 1.54) is 21.9 Å². The van der Waals surface area contributed by atoms with Crippen molar-refractivity contribution in [3.05, 3.63) is 77.6 Å². The fourth-order valence-electron chi connectivity index (χ4n) is 2.96. The highest BCUT2D eigenvalue weighted by molar-refractivity contribution is 14.0. The molecular formula is C21H25IN4. The maximum Gasteiger partial charge on any atom is 0.191 e. The molecule has 0 saturated carbocycles. The quantitative estimate of drug-likeness (QED) is 0.340. The minimum atomic E-state index is 0. The van der Waals surface area contributed by atoms with Crippen molar-refractivity contribution in [3.8, 4) is 0 Å². The van der Waals surface area contributed by atoms with Gasteiger partial charge in [-0.2, -0.15) is 0 Å². The molecule has 1 aromatic heterocycles. The molecule has 0 spiro atoms. The average Bonchev–Trinajstić information content (AvgIpc) is 2.68. The van der Waals surface area contributed by atoms with E-state index in [0.29, 0.717) is 6.54 Å². The lowest BCUT2D eigenvalue weighted by atomic mass is 10.1. The van der Waals surface area contributed by atoms with E-state index in [1.807, 2.05) is 24.4 Å². The SMILES string of the molecule is CCc1ccccc1CNC(=NC)NCc1nccc2ccccc12.I. The second-order valence-electron chi connectivity index (χ2n) is 5.88. The number of aromatic nitrogens is 1. The fourth-order valence-corrected chi connectivity index (χ4v) is 2.96. The van der Waals surface area contributed by atoms with Crippen LogP contribution in [0.4, 0.5) is 0 Å². The predicted molar refractivity (Wildman–Crippen MR) is 120 cm³/mol. The monoisotopic (exact) mass is 460 g/mol. The fraction of sp³-hybridized carbons (Fsp3) is 0.238. The molecule has 5 heteroatoms. The zero-order valence-electron chi connectivity index (χ0n) is 15.2. The summed E-state index contributed by atoms with van der Waals surface area (Å²) < 4.78 is 0. The number of halogens is 1. The number of guanidine groups is 1. The van der Waals surface area contributed by atoms with Gasteiger partial charge in [0.1, 0.15) is 0 Å². The number of aliphatic imine (C=N–C) groups is 1. The lowest BCUT2D eigenvalue weighted by Crippen LogP contribution is -2.36. The molecular weight excluding hydrogens is 435 g/mol. The second-order valence-corrected chi connectivity index (χ2v) is 5.88. The largest absolute Gasteiger partial charge is 0.352 e. The van der Waals surface area contributed by atoms with Crippen LogP contribution >= 0.6 is 24.0 Å². The van der Waals surface area contributed by atoms with Gasteiger partial charge in [-0.25, -0.2) is 0 Å². The van der Waals surface area contributed by atoms with Crippen molar-refractivity contribution in [1.82, 2.24) is 15.6 Å². The molecule has 0 aliphatic carbocycles. The van der Waals surface area contributed by atoms with Gasteiger partial charge in [0, 0.05) is 25.2 Å². The van der Waals surface area contributed by atoms with Crippen LogP contribution in [0.2, 0.25) is 0 Å². The van der Waals surface area contributed by atoms with Crippen molar-refractivity contribution in [2.75, 3.05) is 7.05 Å². The molecule has 0 bridgehead atoms. The Bertz CT molecular complexity index is 871. The topological polar surface area (TPSA) is 49.3 Å². The van der Waals surface area contributed by atoms with Gasteiger partial charge < -0.3 is 10.6 Å². The van der Waals surface area contributed by atoms with E-state index < -0.39 is 0 Å². The molecule has 0 saturated heterocycles. The number of hydrogen-bond acceptors (Lipinski definition) is 2. The Hall–Kier alpha value is -2.15. The Kier molecular flexibility index (Phi) is 7.84. The third kappa shape index (κ3) is 4.94. The summed E-state index contributed by atoms with van der Waals surface area (Å²) in [6.45, 7) is 3.57. The van der Waals surface area contributed by atoms with Gasteiger partial charge in [-0.1, -0.05) is 55.5 Å². The lowest BCUT2D eigenvalue weighted by molar-refractivity contribution is 0.794. The highest BCUT2D eigenvalue weighted by Crippen LogP contribution is 2.16. The van der Waals surface area contributed by atoms with Crippen LogP contribution in [0.15, 0.2) is 65.8 Å². The summed E-state index contributed by atoms with van der Waals surface area (Å²) in [5.74, 6) is 0.778. The predicted octanol–water partition coefficient (Wildman–Crippen LogP) is 4.28. The number of pyridine rings is 1. The zero-order valence-corrected chi connectivity index (χ0v) is 17.5. The molecule has 2 aromatic carbocycles. The first-order valence-electron chi connectivity index (χ1n) is 8.65. The van der Waals surface area contributed by atoms with E-state index in [-0.39, 0.29) is 24.0 Å². The minimum absolute atomic E-state index is 0. The van der Waals surface area contributed by atoms with Crippen LogP contribution in [-0.4, -0.2) is 18.0 Å². The number of hydrogen-bond donors (Lipinski definition) is 2. The number of benzene rings is 2. The van der Waals surface area contributed by atoms with E-state index in [9.17, 15) is 0 Å². The Labute approximate surface area is 172 Å². The standard InChI is InChI=1S/C21H24N4.HI/c1-3-16-8-4-5-10-18(16)14-24-21(22-2)25-15-20-19-11-7-6-9-17(19)12-13-23-20;/h4-13H,3,14-15H2,1-2H3,(H2,22,24,25);1H. The molecule has 2 N–H and O–H groups in total. The normalized spacial score (nSPS) is 11.1. The summed E-state index contributed by atoms with van der Waals surface area (Å²) in [5.41, 5.74) is 3.69. The summed E-state index contributed by atoms with van der Waals surface area (Å²) in [5, 5.41) is 9.13. The van der Waals surface area contributed by atoms with Gasteiger partial charge in [-0.05, 0) is 29.0 Å². The molecule has 0 atom stereocenters. The van der Waals surface area contributed by atoms with Crippen molar-refractivity contribution in [2.24, 2.45) is 4.99 Å². The molecule has 0 fully saturated rings. The highest BCUT2D eigenvalue weighted by Gasteiger charge is 2.05. The Morgan fingerprint density at radius 2 is 1.62 bits per heavy atom. The first kappa shape index (κ1) is 20.2. The third-order valence-electron chi connectivity index (χ3n) is 4.35. The van der Waals surface area contributed by atoms with Gasteiger partial charge in [0.05, 0.1) is 12.2 Å². The van der Waals surface area contributed by atoms with Crippen molar-refractivity contribution in [3.63, 3.8) is 0 Å². The van der Waals surface area contributed by atoms with Crippen LogP contribution in [0, 0.1) is 0 Å². The first-order chi connectivity index (χ1) is 12.3. The van der Waals surface area contributed by atoms with Crippen molar-refractivity contribution in [1.29, 1.82) is 0 Å². The van der Waals surface area contributed by atoms with Gasteiger partial charge in [0.25, 0.3) is 0 Å². The average molecular weight is 460 g/mol. The smallest absolute Gasteiger partial charge is 0.191 e. The first-order valence-corrected chi connectivity index (χ1v) is 8.65. The van der Waals surface area contributed by atoms with Crippen molar-refractivity contribution < 1.29 is 0 Å². The van der Waals surface area contributed by atoms with E-state index in [4.69, 9.17) is 0 Å². The van der Waals surface area contributed by atoms with Crippen LogP contribution in [0.25, 0.3) is 10.8 Å². The van der Waals surface area contributed by atoms with E-state index in [0.717, 1.165) is 24.6 Å². The summed E-state index contributed by atoms with van der Waals surface area (Å²) in [7, 11) is 1.79. The molecule has 3 rings (SSSR count). The lowest BCUT2D eigenvalue weighted by Gasteiger charge is -2.14. The molecule has 0 aliphatic rings. The van der Waals surface area contributed by atoms with Gasteiger partial charge >= 0.3 is 0 Å². The van der Waals surface area contributed by atoms with Crippen LogP contribution in [-0.2, 0) is 19.5 Å². The second kappa shape index (κ2) is 10.1. The highest BCUT2D eigenvalue weighted by atomic mass is 127. The third-order valence-corrected chi connectivity index (χ3v) is 4.35. The minimum Gasteiger partial charge on any atom is -0.352 e. The zero-order chi connectivity index (χ0) is 17.5. The number of rotatable bonds is 5. The molecule has 26 heavy (non-hydrogen) atoms. The van der Waals surface area contributed by atoms with E-state index in [1.54, 1.807) is 7.05 Å². The maximum atomic E-state index is 4.51. The number of aryl methyl sites for hydroxylation is 1. The molecule has 3 aromatic rings. The van der Waals surface area contributed by atoms with Gasteiger partial charge in [-0.3, -0.25) is 9.98 Å². The van der Waals surface area contributed by atoms with Crippen molar-refractivity contribution in [2.45, 2.75) is 26.4 Å². The number of nitrogens with zero attached hydrogens (tertiary/aromatic N) is 2. The Morgan fingerprint density at radius 3 is 2.38 bits per heavy atom. The van der Waals surface area contributed by atoms with Gasteiger partial charge in [-0.15, -0.1) is 24.0 Å². The number of fused-ring (bicyclic) bond motifs is 1. The number of nitrogens with one attached hydrogen (secondary N) is 2. The Morgan fingerprint density at radius 1 is 0.923 bits per heavy atom. The van der Waals surface area contributed by atoms with E-state index in [2.05, 4.69) is 63.9 Å². The van der Waals surface area contributed by atoms with E-state index >= 15 is 0 Å². The molecule has 136 valence electrons. The van der Waals surface area contributed by atoms with Crippen LogP contribution < -0.4 is 10.6 Å². The summed E-state index contributed by atoms with van der Waals surface area (Å²) in [6.07, 6.45) is 2.89. The van der Waals surface area contributed by atoms with Gasteiger partial charge in [0.2, 0.25) is 0 Å². The summed E-state index contributed by atoms with van der Waals surface area (Å²) in [4.78, 5) is 8.83. The summed E-state index contributed by atoms with van der Waals surface area (Å²) >= 11 is 0. The Balaban J connectivity index is 0.00000243. The summed E-state index contributed by atoms with van der Waals surface area (Å²) in [6, 6.07) is 18.8. The van der Waals surface area contributed by atoms with Crippen LogP contribution in [0.5, 0.6) is 0 Å². The maximum absolute atomic E-state index is 4.51. The molecule has 0 unspecified atom stereocenters. The molecule has 4 nitrogen and oxygen atoms in total. The van der Waals surface area contributed by atoms with Crippen LogP contribution in [0.1, 0.15) is 23.7 Å².